The topological polar surface area (TPSA) is 20.3 Å². The summed E-state index contributed by atoms with van der Waals surface area (Å²) in [5.74, 6) is 0.208. The lowest BCUT2D eigenvalue weighted by atomic mass is 10.0. The zero-order valence-electron chi connectivity index (χ0n) is 19.4. The third kappa shape index (κ3) is 14.9. The number of amides is 1. The first-order chi connectivity index (χ1) is 13.0. The fraction of sp³-hybridized carbons (Fsp3) is 0.880. The van der Waals surface area contributed by atoms with Gasteiger partial charge in [0.1, 0.15) is 0 Å². The predicted molar refractivity (Wildman–Crippen MR) is 121 cm³/mol. The second kappa shape index (κ2) is 18.6. The van der Waals surface area contributed by atoms with Crippen LogP contribution in [0.3, 0.4) is 0 Å². The van der Waals surface area contributed by atoms with E-state index in [2.05, 4.69) is 20.8 Å². The highest BCUT2D eigenvalue weighted by Crippen LogP contribution is 2.17. The first kappa shape index (κ1) is 26.2. The Bertz CT molecular complexity index is 386. The van der Waals surface area contributed by atoms with Crippen molar-refractivity contribution in [3.63, 3.8) is 0 Å². The third-order valence-corrected chi connectivity index (χ3v) is 5.77. The quantitative estimate of drug-likeness (QED) is 0.174. The van der Waals surface area contributed by atoms with Gasteiger partial charge in [-0.3, -0.25) is 4.79 Å². The average Bonchev–Trinajstić information content (AvgIpc) is 2.67. The summed E-state index contributed by atoms with van der Waals surface area (Å²) in [6.07, 6.45) is 21.6. The van der Waals surface area contributed by atoms with Gasteiger partial charge in [0.25, 0.3) is 0 Å². The van der Waals surface area contributed by atoms with Crippen molar-refractivity contribution in [3.8, 4) is 0 Å². The van der Waals surface area contributed by atoms with Gasteiger partial charge in [-0.15, -0.1) is 0 Å². The van der Waals surface area contributed by atoms with Crippen LogP contribution in [0.1, 0.15) is 130 Å². The molecule has 0 rings (SSSR count). The summed E-state index contributed by atoms with van der Waals surface area (Å²) in [4.78, 5) is 14.1. The Hall–Kier alpha value is -0.790. The van der Waals surface area contributed by atoms with Gasteiger partial charge in [0.05, 0.1) is 0 Å². The minimum atomic E-state index is 0.208. The van der Waals surface area contributed by atoms with Crippen LogP contribution in [-0.4, -0.2) is 24.4 Å². The van der Waals surface area contributed by atoms with Gasteiger partial charge < -0.3 is 4.90 Å². The van der Waals surface area contributed by atoms with Crippen molar-refractivity contribution in [2.24, 2.45) is 0 Å². The summed E-state index contributed by atoms with van der Waals surface area (Å²) in [6, 6.07) is 0. The van der Waals surface area contributed by atoms with Gasteiger partial charge in [-0.25, -0.2) is 0 Å². The molecule has 0 saturated carbocycles. The Labute approximate surface area is 171 Å². The number of nitrogens with zero attached hydrogens (tertiary/aromatic N) is 1. The molecular weight excluding hydrogens is 330 g/mol. The fourth-order valence-electron chi connectivity index (χ4n) is 3.68. The van der Waals surface area contributed by atoms with Crippen LogP contribution < -0.4 is 0 Å². The Kier molecular flexibility index (Phi) is 18.0. The largest absolute Gasteiger partial charge is 0.342 e. The van der Waals surface area contributed by atoms with Crippen molar-refractivity contribution in [2.45, 2.75) is 130 Å². The van der Waals surface area contributed by atoms with Crippen LogP contribution in [0.25, 0.3) is 0 Å². The molecule has 0 aromatic carbocycles. The van der Waals surface area contributed by atoms with E-state index in [0.717, 1.165) is 25.0 Å². The van der Waals surface area contributed by atoms with E-state index in [9.17, 15) is 4.79 Å². The maximum Gasteiger partial charge on any atom is 0.249 e. The zero-order chi connectivity index (χ0) is 20.3. The molecule has 0 unspecified atom stereocenters. The molecule has 0 aromatic rings. The number of hydrogen-bond acceptors (Lipinski definition) is 1. The van der Waals surface area contributed by atoms with Crippen LogP contribution in [0.5, 0.6) is 0 Å². The molecule has 0 aliphatic carbocycles. The van der Waals surface area contributed by atoms with Crippen molar-refractivity contribution < 1.29 is 4.79 Å². The van der Waals surface area contributed by atoms with Crippen LogP contribution >= 0.6 is 0 Å². The maximum absolute atomic E-state index is 12.3. The molecular formula is C25H49NO. The number of carbonyl (C=O) groups is 1. The van der Waals surface area contributed by atoms with Crippen molar-refractivity contribution in [1.29, 1.82) is 0 Å². The average molecular weight is 380 g/mol. The molecule has 0 bridgehead atoms. The van der Waals surface area contributed by atoms with E-state index in [4.69, 9.17) is 0 Å². The van der Waals surface area contributed by atoms with Gasteiger partial charge in [0, 0.05) is 19.2 Å². The van der Waals surface area contributed by atoms with Crippen molar-refractivity contribution in [1.82, 2.24) is 4.90 Å². The third-order valence-electron chi connectivity index (χ3n) is 5.77. The van der Waals surface area contributed by atoms with Crippen LogP contribution in [0.2, 0.25) is 0 Å². The lowest BCUT2D eigenvalue weighted by molar-refractivity contribution is -0.125. The summed E-state index contributed by atoms with van der Waals surface area (Å²) in [6.45, 7) is 9.38. The smallest absolute Gasteiger partial charge is 0.249 e. The summed E-state index contributed by atoms with van der Waals surface area (Å²) in [7, 11) is 1.91. The van der Waals surface area contributed by atoms with E-state index < -0.39 is 0 Å². The standard InChI is InChI=1S/C25H49NO/c1-6-8-9-10-11-12-13-14-15-16-17-18-19-20-21-23(3)24(4)25(27)26(5)22-7-2/h6-22H2,1-5H3/b24-23+. The van der Waals surface area contributed by atoms with Crippen molar-refractivity contribution >= 4 is 5.91 Å². The number of unbranched alkanes of at least 4 members (excludes halogenated alkanes) is 13. The molecule has 1 amide bonds. The molecule has 0 saturated heterocycles. The number of allylic oxidation sites excluding steroid dienone is 1. The van der Waals surface area contributed by atoms with Gasteiger partial charge in [-0.05, 0) is 33.1 Å². The Morgan fingerprint density at radius 3 is 1.44 bits per heavy atom. The summed E-state index contributed by atoms with van der Waals surface area (Å²) in [5.41, 5.74) is 2.24. The molecule has 160 valence electrons. The monoisotopic (exact) mass is 379 g/mol. The molecule has 0 aliphatic rings. The first-order valence-corrected chi connectivity index (χ1v) is 12.0. The minimum absolute atomic E-state index is 0.208. The molecule has 0 atom stereocenters. The molecule has 0 aromatic heterocycles. The van der Waals surface area contributed by atoms with E-state index in [1.54, 1.807) is 0 Å². The maximum atomic E-state index is 12.3. The fourth-order valence-corrected chi connectivity index (χ4v) is 3.68. The van der Waals surface area contributed by atoms with E-state index in [0.29, 0.717) is 0 Å². The van der Waals surface area contributed by atoms with E-state index in [1.165, 1.54) is 95.5 Å². The summed E-state index contributed by atoms with van der Waals surface area (Å²) in [5, 5.41) is 0. The zero-order valence-corrected chi connectivity index (χ0v) is 19.4. The van der Waals surface area contributed by atoms with Gasteiger partial charge in [-0.2, -0.15) is 0 Å². The second-order valence-electron chi connectivity index (χ2n) is 8.48. The number of rotatable bonds is 18. The van der Waals surface area contributed by atoms with Gasteiger partial charge in [-0.1, -0.05) is 103 Å². The van der Waals surface area contributed by atoms with Crippen LogP contribution in [0.15, 0.2) is 11.1 Å². The molecule has 0 fully saturated rings. The number of likely N-dealkylation sites (N-methyl/N-ethyl adjacent to an activating group) is 1. The van der Waals surface area contributed by atoms with Gasteiger partial charge in [0.2, 0.25) is 5.91 Å². The van der Waals surface area contributed by atoms with E-state index in [1.807, 2.05) is 18.9 Å². The van der Waals surface area contributed by atoms with E-state index in [-0.39, 0.29) is 5.91 Å². The Morgan fingerprint density at radius 1 is 0.630 bits per heavy atom. The van der Waals surface area contributed by atoms with Crippen LogP contribution in [0.4, 0.5) is 0 Å². The number of carbonyl (C=O) groups excluding carboxylic acids is 1. The minimum Gasteiger partial charge on any atom is -0.342 e. The molecule has 2 nitrogen and oxygen atoms in total. The lowest BCUT2D eigenvalue weighted by Crippen LogP contribution is -2.28. The highest BCUT2D eigenvalue weighted by atomic mass is 16.2. The Balaban J connectivity index is 3.55. The van der Waals surface area contributed by atoms with Crippen molar-refractivity contribution in [3.05, 3.63) is 11.1 Å². The molecule has 0 spiro atoms. The summed E-state index contributed by atoms with van der Waals surface area (Å²) >= 11 is 0. The molecule has 0 N–H and O–H groups in total. The highest BCUT2D eigenvalue weighted by molar-refractivity contribution is 5.93. The lowest BCUT2D eigenvalue weighted by Gasteiger charge is -2.18. The van der Waals surface area contributed by atoms with E-state index >= 15 is 0 Å². The predicted octanol–water partition coefficient (Wildman–Crippen LogP) is 8.06. The molecule has 0 heterocycles. The highest BCUT2D eigenvalue weighted by Gasteiger charge is 2.12. The van der Waals surface area contributed by atoms with Crippen LogP contribution in [-0.2, 0) is 4.79 Å². The molecule has 2 heteroatoms. The molecule has 0 aliphatic heterocycles. The van der Waals surface area contributed by atoms with Gasteiger partial charge >= 0.3 is 0 Å². The second-order valence-corrected chi connectivity index (χ2v) is 8.48. The van der Waals surface area contributed by atoms with Crippen molar-refractivity contribution in [2.75, 3.05) is 13.6 Å². The number of hydrogen-bond donors (Lipinski definition) is 0. The summed E-state index contributed by atoms with van der Waals surface area (Å²) < 4.78 is 0. The SMILES string of the molecule is CCCCCCCCCCCCCCCC/C(C)=C(\C)C(=O)N(C)CCC. The van der Waals surface area contributed by atoms with Gasteiger partial charge in [0.15, 0.2) is 0 Å². The first-order valence-electron chi connectivity index (χ1n) is 12.0. The Morgan fingerprint density at radius 2 is 1.04 bits per heavy atom. The molecule has 0 radical (unpaired) electrons. The normalized spacial score (nSPS) is 12.2. The van der Waals surface area contributed by atoms with Crippen LogP contribution in [0, 0.1) is 0 Å². The molecule has 27 heavy (non-hydrogen) atoms.